The van der Waals surface area contributed by atoms with Gasteiger partial charge < -0.3 is 9.94 Å². The first-order valence-electron chi connectivity index (χ1n) is 7.24. The van der Waals surface area contributed by atoms with Crippen molar-refractivity contribution in [3.05, 3.63) is 83.6 Å². The van der Waals surface area contributed by atoms with Gasteiger partial charge in [-0.2, -0.15) is 0 Å². The number of nitrogens with zero attached hydrogens (tertiary/aromatic N) is 1. The second-order valence-corrected chi connectivity index (χ2v) is 5.48. The first-order valence-corrected chi connectivity index (χ1v) is 7.24. The zero-order valence-corrected chi connectivity index (χ0v) is 12.2. The van der Waals surface area contributed by atoms with Crippen molar-refractivity contribution in [3.63, 3.8) is 0 Å². The van der Waals surface area contributed by atoms with Gasteiger partial charge in [0.05, 0.1) is 0 Å². The van der Waals surface area contributed by atoms with E-state index in [2.05, 4.69) is 0 Å². The molecule has 108 valence electrons. The van der Waals surface area contributed by atoms with Gasteiger partial charge in [-0.3, -0.25) is 4.65 Å². The third-order valence-corrected chi connectivity index (χ3v) is 4.03. The fourth-order valence-electron chi connectivity index (χ4n) is 2.89. The Hall–Kier alpha value is -2.62. The van der Waals surface area contributed by atoms with E-state index in [1.807, 2.05) is 79.7 Å². The van der Waals surface area contributed by atoms with Crippen LogP contribution in [0.25, 0.3) is 0 Å². The monoisotopic (exact) mass is 289 g/mol. The Morgan fingerprint density at radius 3 is 1.77 bits per heavy atom. The van der Waals surface area contributed by atoms with Gasteiger partial charge in [-0.15, -0.1) is 0 Å². The normalized spacial score (nSPS) is 14.6. The van der Waals surface area contributed by atoms with Crippen molar-refractivity contribution in [1.29, 1.82) is 0 Å². The largest absolute Gasteiger partial charge is 0.616 e. The van der Waals surface area contributed by atoms with Crippen LogP contribution in [0.5, 0.6) is 11.5 Å². The molecule has 0 amide bonds. The quantitative estimate of drug-likeness (QED) is 0.433. The maximum atomic E-state index is 13.9. The van der Waals surface area contributed by atoms with E-state index in [9.17, 15) is 5.21 Å². The first kappa shape index (κ1) is 13.1. The molecule has 3 heteroatoms. The molecule has 3 aromatic rings. The number of hydrogen-bond acceptors (Lipinski definition) is 2. The van der Waals surface area contributed by atoms with Crippen molar-refractivity contribution in [3.8, 4) is 11.5 Å². The minimum absolute atomic E-state index is 0.602. The molecule has 0 saturated carbocycles. The highest BCUT2D eigenvalue weighted by Crippen LogP contribution is 2.55. The number of aryl methyl sites for hydroxylation is 1. The van der Waals surface area contributed by atoms with Gasteiger partial charge in [-0.25, -0.2) is 0 Å². The third-order valence-electron chi connectivity index (χ3n) is 4.03. The number of quaternary nitrogens is 1. The van der Waals surface area contributed by atoms with Gasteiger partial charge in [-0.05, 0) is 19.1 Å². The van der Waals surface area contributed by atoms with Crippen molar-refractivity contribution in [2.45, 2.75) is 6.92 Å². The standard InChI is InChI=1S/C19H15NO2/c1-14-10-12-15(13-11-14)20(21)16-6-2-4-8-18(16)22-19-9-5-3-7-17(19)20/h2-13H,1H3. The van der Waals surface area contributed by atoms with Gasteiger partial charge in [0, 0.05) is 24.3 Å². The van der Waals surface area contributed by atoms with Crippen LogP contribution in [0.2, 0.25) is 0 Å². The van der Waals surface area contributed by atoms with E-state index in [-0.39, 0.29) is 0 Å². The molecule has 3 nitrogen and oxygen atoms in total. The molecule has 0 spiro atoms. The SMILES string of the molecule is Cc1ccc([N+]2([O-])c3ccccc3Oc3ccccc32)cc1. The second kappa shape index (κ2) is 4.70. The number of fused-ring (bicyclic) bond motifs is 2. The highest BCUT2D eigenvalue weighted by atomic mass is 16.6. The molecule has 0 atom stereocenters. The van der Waals surface area contributed by atoms with Gasteiger partial charge in [0.1, 0.15) is 5.69 Å². The molecule has 0 bridgehead atoms. The lowest BCUT2D eigenvalue weighted by molar-refractivity contribution is 0.440. The Morgan fingerprint density at radius 2 is 1.23 bits per heavy atom. The Labute approximate surface area is 129 Å². The number of rotatable bonds is 1. The highest BCUT2D eigenvalue weighted by Gasteiger charge is 2.37. The van der Waals surface area contributed by atoms with Crippen molar-refractivity contribution in [2.24, 2.45) is 0 Å². The summed E-state index contributed by atoms with van der Waals surface area (Å²) in [6.07, 6.45) is 0. The average Bonchev–Trinajstić information content (AvgIpc) is 2.56. The van der Waals surface area contributed by atoms with Crippen LogP contribution >= 0.6 is 0 Å². The number of para-hydroxylation sites is 4. The predicted molar refractivity (Wildman–Crippen MR) is 88.6 cm³/mol. The smallest absolute Gasteiger partial charge is 0.189 e. The molecule has 4 rings (SSSR count). The summed E-state index contributed by atoms with van der Waals surface area (Å²) < 4.78 is 5.27. The lowest BCUT2D eigenvalue weighted by atomic mass is 10.1. The first-order chi connectivity index (χ1) is 10.7. The summed E-state index contributed by atoms with van der Waals surface area (Å²) in [5.74, 6) is 1.22. The molecule has 0 radical (unpaired) electrons. The maximum absolute atomic E-state index is 13.9. The lowest BCUT2D eigenvalue weighted by Crippen LogP contribution is -2.34. The molecule has 1 aliphatic rings. The fraction of sp³-hybridized carbons (Fsp3) is 0.0526. The Morgan fingerprint density at radius 1 is 0.727 bits per heavy atom. The Bertz CT molecular complexity index is 795. The van der Waals surface area contributed by atoms with Crippen LogP contribution in [0.15, 0.2) is 72.8 Å². The predicted octanol–water partition coefficient (Wildman–Crippen LogP) is 5.57. The van der Waals surface area contributed by atoms with E-state index in [1.54, 1.807) is 0 Å². The molecule has 0 aliphatic carbocycles. The van der Waals surface area contributed by atoms with E-state index >= 15 is 0 Å². The van der Waals surface area contributed by atoms with Gasteiger partial charge >= 0.3 is 0 Å². The molecule has 3 aromatic carbocycles. The van der Waals surface area contributed by atoms with Crippen LogP contribution in [0.4, 0.5) is 17.1 Å². The van der Waals surface area contributed by atoms with Crippen molar-refractivity contribution in [2.75, 3.05) is 0 Å². The number of hydrogen-bond donors (Lipinski definition) is 0. The van der Waals surface area contributed by atoms with Crippen LogP contribution in [-0.4, -0.2) is 0 Å². The molecule has 0 aromatic heterocycles. The maximum Gasteiger partial charge on any atom is 0.189 e. The summed E-state index contributed by atoms with van der Waals surface area (Å²) in [6, 6.07) is 22.6. The third kappa shape index (κ3) is 1.77. The topological polar surface area (TPSA) is 32.3 Å². The molecule has 0 saturated heterocycles. The molecular weight excluding hydrogens is 274 g/mol. The molecule has 0 fully saturated rings. The van der Waals surface area contributed by atoms with E-state index in [4.69, 9.17) is 4.74 Å². The zero-order valence-electron chi connectivity index (χ0n) is 12.2. The van der Waals surface area contributed by atoms with Crippen LogP contribution in [-0.2, 0) is 0 Å². The molecule has 0 unspecified atom stereocenters. The highest BCUT2D eigenvalue weighted by molar-refractivity contribution is 5.81. The van der Waals surface area contributed by atoms with Crippen molar-refractivity contribution in [1.82, 2.24) is 4.65 Å². The number of ether oxygens (including phenoxy) is 1. The van der Waals surface area contributed by atoms with E-state index in [1.165, 1.54) is 0 Å². The Kier molecular flexibility index (Phi) is 2.79. The van der Waals surface area contributed by atoms with Gasteiger partial charge in [-0.1, -0.05) is 42.0 Å². The summed E-state index contributed by atoms with van der Waals surface area (Å²) in [7, 11) is 0. The molecular formula is C19H15NO2. The van der Waals surface area contributed by atoms with Crippen molar-refractivity contribution >= 4 is 17.1 Å². The average molecular weight is 289 g/mol. The molecule has 0 N–H and O–H groups in total. The van der Waals surface area contributed by atoms with E-state index in [0.29, 0.717) is 28.6 Å². The molecule has 22 heavy (non-hydrogen) atoms. The number of benzene rings is 3. The van der Waals surface area contributed by atoms with E-state index in [0.717, 1.165) is 5.56 Å². The zero-order chi connectivity index (χ0) is 15.2. The summed E-state index contributed by atoms with van der Waals surface area (Å²) >= 11 is 0. The molecule has 1 heterocycles. The molecule has 1 aliphatic heterocycles. The minimum atomic E-state index is -0.632. The van der Waals surface area contributed by atoms with Crippen LogP contribution < -0.4 is 9.38 Å². The fourth-order valence-corrected chi connectivity index (χ4v) is 2.89. The Balaban J connectivity index is 2.03. The van der Waals surface area contributed by atoms with Gasteiger partial charge in [0.25, 0.3) is 0 Å². The minimum Gasteiger partial charge on any atom is -0.616 e. The van der Waals surface area contributed by atoms with Crippen LogP contribution in [0.1, 0.15) is 5.56 Å². The summed E-state index contributed by atoms with van der Waals surface area (Å²) in [4.78, 5) is 0. The van der Waals surface area contributed by atoms with Crippen molar-refractivity contribution < 1.29 is 4.74 Å². The van der Waals surface area contributed by atoms with Crippen LogP contribution in [0, 0.1) is 12.1 Å². The summed E-state index contributed by atoms with van der Waals surface area (Å²) in [6.45, 7) is 2.01. The van der Waals surface area contributed by atoms with E-state index < -0.39 is 4.65 Å². The summed E-state index contributed by atoms with van der Waals surface area (Å²) in [5, 5.41) is 13.9. The second-order valence-electron chi connectivity index (χ2n) is 5.48. The lowest BCUT2D eigenvalue weighted by Gasteiger charge is -2.44. The van der Waals surface area contributed by atoms with Gasteiger partial charge in [0.2, 0.25) is 0 Å². The van der Waals surface area contributed by atoms with Gasteiger partial charge in [0.15, 0.2) is 22.9 Å². The van der Waals surface area contributed by atoms with Crippen LogP contribution in [0.3, 0.4) is 0 Å². The summed E-state index contributed by atoms with van der Waals surface area (Å²) in [5.41, 5.74) is 3.01.